The molecule has 0 spiro atoms. The van der Waals surface area contributed by atoms with Gasteiger partial charge in [0.1, 0.15) is 5.65 Å². The average Bonchev–Trinajstić information content (AvgIpc) is 2.96. The van der Waals surface area contributed by atoms with Crippen LogP contribution < -0.4 is 5.56 Å². The van der Waals surface area contributed by atoms with Gasteiger partial charge in [-0.05, 0) is 31.9 Å². The van der Waals surface area contributed by atoms with Crippen LogP contribution in [0.1, 0.15) is 24.6 Å². The Labute approximate surface area is 162 Å². The summed E-state index contributed by atoms with van der Waals surface area (Å²) in [4.78, 5) is 30.9. The molecule has 0 aliphatic carbocycles. The van der Waals surface area contributed by atoms with Crippen molar-refractivity contribution in [1.29, 1.82) is 0 Å². The summed E-state index contributed by atoms with van der Waals surface area (Å²) in [6.45, 7) is 4.27. The van der Waals surface area contributed by atoms with Crippen molar-refractivity contribution in [2.24, 2.45) is 0 Å². The number of sulfone groups is 1. The van der Waals surface area contributed by atoms with E-state index in [9.17, 15) is 18.0 Å². The van der Waals surface area contributed by atoms with Gasteiger partial charge >= 0.3 is 0 Å². The summed E-state index contributed by atoms with van der Waals surface area (Å²) in [5.74, 6) is 0.821. The van der Waals surface area contributed by atoms with Crippen molar-refractivity contribution in [3.05, 3.63) is 46.0 Å². The van der Waals surface area contributed by atoms with Crippen molar-refractivity contribution in [3.8, 4) is 0 Å². The summed E-state index contributed by atoms with van der Waals surface area (Å²) < 4.78 is 24.8. The lowest BCUT2D eigenvalue weighted by Crippen LogP contribution is -2.42. The maximum Gasteiger partial charge on any atom is 0.258 e. The molecule has 1 amide bonds. The van der Waals surface area contributed by atoms with Crippen molar-refractivity contribution in [1.82, 2.24) is 14.3 Å². The predicted octanol–water partition coefficient (Wildman–Crippen LogP) is 1.27. The average molecular weight is 410 g/mol. The third-order valence-corrected chi connectivity index (χ3v) is 7.35. The molecule has 0 aromatic carbocycles. The van der Waals surface area contributed by atoms with E-state index in [1.54, 1.807) is 17.2 Å². The Kier molecular flexibility index (Phi) is 5.90. The summed E-state index contributed by atoms with van der Waals surface area (Å²) in [6.07, 6.45) is 2.26. The van der Waals surface area contributed by atoms with Gasteiger partial charge in [-0.3, -0.25) is 14.0 Å². The minimum absolute atomic E-state index is 0.0552. The van der Waals surface area contributed by atoms with Gasteiger partial charge in [0.25, 0.3) is 5.56 Å². The largest absolute Gasteiger partial charge is 0.338 e. The Balaban J connectivity index is 1.62. The molecule has 1 aliphatic rings. The van der Waals surface area contributed by atoms with E-state index in [1.165, 1.54) is 22.2 Å². The fourth-order valence-electron chi connectivity index (χ4n) is 3.32. The van der Waals surface area contributed by atoms with Gasteiger partial charge in [0.15, 0.2) is 9.84 Å². The maximum atomic E-state index is 12.5. The monoisotopic (exact) mass is 409 g/mol. The Morgan fingerprint density at radius 2 is 2.19 bits per heavy atom. The van der Waals surface area contributed by atoms with Gasteiger partial charge in [-0.1, -0.05) is 6.07 Å². The molecule has 0 N–H and O–H groups in total. The number of amides is 1. The van der Waals surface area contributed by atoms with E-state index in [2.05, 4.69) is 4.98 Å². The number of hydrogen-bond donors (Lipinski definition) is 0. The van der Waals surface area contributed by atoms with Gasteiger partial charge in [0.2, 0.25) is 5.91 Å². The highest BCUT2D eigenvalue weighted by Gasteiger charge is 2.33. The van der Waals surface area contributed by atoms with Crippen LogP contribution in [0.25, 0.3) is 5.65 Å². The van der Waals surface area contributed by atoms with Crippen molar-refractivity contribution >= 4 is 33.2 Å². The summed E-state index contributed by atoms with van der Waals surface area (Å²) in [5.41, 5.74) is 2.05. The van der Waals surface area contributed by atoms with Gasteiger partial charge in [0.05, 0.1) is 23.0 Å². The summed E-state index contributed by atoms with van der Waals surface area (Å²) in [7, 11) is -3.02. The first-order valence-electron chi connectivity index (χ1n) is 8.85. The first kappa shape index (κ1) is 19.9. The summed E-state index contributed by atoms with van der Waals surface area (Å²) in [5, 5.41) is 0. The van der Waals surface area contributed by atoms with Crippen molar-refractivity contribution in [2.75, 3.05) is 23.8 Å². The molecule has 3 rings (SSSR count). The molecule has 2 aromatic rings. The van der Waals surface area contributed by atoms with Gasteiger partial charge in [-0.25, -0.2) is 13.4 Å². The first-order valence-corrected chi connectivity index (χ1v) is 11.8. The zero-order valence-electron chi connectivity index (χ0n) is 15.4. The number of carbonyl (C=O) groups is 1. The molecule has 1 saturated heterocycles. The number of fused-ring (bicyclic) bond motifs is 1. The van der Waals surface area contributed by atoms with Crippen LogP contribution in [0.15, 0.2) is 29.2 Å². The molecule has 27 heavy (non-hydrogen) atoms. The highest BCUT2D eigenvalue weighted by Crippen LogP contribution is 2.19. The fourth-order valence-corrected chi connectivity index (χ4v) is 5.85. The third-order valence-electron chi connectivity index (χ3n) is 4.65. The molecular formula is C18H23N3O4S2. The van der Waals surface area contributed by atoms with Crippen LogP contribution in [-0.4, -0.2) is 58.5 Å². The predicted molar refractivity (Wildman–Crippen MR) is 107 cm³/mol. The highest BCUT2D eigenvalue weighted by molar-refractivity contribution is 7.99. The zero-order valence-corrected chi connectivity index (χ0v) is 17.1. The van der Waals surface area contributed by atoms with E-state index < -0.39 is 9.84 Å². The minimum atomic E-state index is -3.02. The zero-order chi connectivity index (χ0) is 19.6. The topological polar surface area (TPSA) is 88.8 Å². The van der Waals surface area contributed by atoms with Gasteiger partial charge in [-0.2, -0.15) is 0 Å². The molecule has 2 aromatic heterocycles. The second kappa shape index (κ2) is 8.02. The molecule has 9 heteroatoms. The number of thioether (sulfide) groups is 1. The smallest absolute Gasteiger partial charge is 0.258 e. The second-order valence-electron chi connectivity index (χ2n) is 6.75. The Bertz CT molecular complexity index is 1020. The van der Waals surface area contributed by atoms with E-state index in [1.807, 2.05) is 19.9 Å². The Morgan fingerprint density at radius 3 is 2.85 bits per heavy atom. The fraction of sp³-hybridized carbons (Fsp3) is 0.500. The van der Waals surface area contributed by atoms with Crippen molar-refractivity contribution in [3.63, 3.8) is 0 Å². The highest BCUT2D eigenvalue weighted by atomic mass is 32.2. The van der Waals surface area contributed by atoms with Crippen LogP contribution >= 0.6 is 11.8 Å². The molecule has 1 atom stereocenters. The molecule has 7 nitrogen and oxygen atoms in total. The van der Waals surface area contributed by atoms with Gasteiger partial charge in [-0.15, -0.1) is 11.8 Å². The standard InChI is InChI=1S/C18H23N3O4S2/c1-3-20(15-6-7-27(24,25)12-15)18(23)11-26-10-14-8-17(22)21-9-13(2)4-5-16(21)19-14/h4-5,8-9,15H,3,6-7,10-12H2,1-2H3/t15-/m1/s1. The summed E-state index contributed by atoms with van der Waals surface area (Å²) in [6, 6.07) is 4.97. The minimum Gasteiger partial charge on any atom is -0.338 e. The normalized spacial score (nSPS) is 18.7. The number of pyridine rings is 1. The second-order valence-corrected chi connectivity index (χ2v) is 9.96. The lowest BCUT2D eigenvalue weighted by molar-refractivity contribution is -0.129. The molecule has 3 heterocycles. The lowest BCUT2D eigenvalue weighted by atomic mass is 10.2. The van der Waals surface area contributed by atoms with E-state index in [0.29, 0.717) is 30.1 Å². The molecule has 146 valence electrons. The van der Waals surface area contributed by atoms with Crippen LogP contribution in [0.2, 0.25) is 0 Å². The number of hydrogen-bond acceptors (Lipinski definition) is 6. The molecule has 1 fully saturated rings. The summed E-state index contributed by atoms with van der Waals surface area (Å²) >= 11 is 1.39. The molecule has 0 bridgehead atoms. The maximum absolute atomic E-state index is 12.5. The van der Waals surface area contributed by atoms with Crippen molar-refractivity contribution in [2.45, 2.75) is 32.1 Å². The quantitative estimate of drug-likeness (QED) is 0.714. The molecule has 0 unspecified atom stereocenters. The van der Waals surface area contributed by atoms with Crippen LogP contribution in [0.3, 0.4) is 0 Å². The Morgan fingerprint density at radius 1 is 1.41 bits per heavy atom. The van der Waals surface area contributed by atoms with E-state index in [4.69, 9.17) is 0 Å². The number of aromatic nitrogens is 2. The van der Waals surface area contributed by atoms with Crippen LogP contribution in [-0.2, 0) is 20.4 Å². The third kappa shape index (κ3) is 4.70. The Hall–Kier alpha value is -1.87. The molecule has 0 radical (unpaired) electrons. The van der Waals surface area contributed by atoms with E-state index >= 15 is 0 Å². The number of carbonyl (C=O) groups excluding carboxylic acids is 1. The van der Waals surface area contributed by atoms with Crippen LogP contribution in [0.5, 0.6) is 0 Å². The van der Waals surface area contributed by atoms with Crippen LogP contribution in [0.4, 0.5) is 0 Å². The van der Waals surface area contributed by atoms with Gasteiger partial charge < -0.3 is 4.90 Å². The molecule has 1 aliphatic heterocycles. The lowest BCUT2D eigenvalue weighted by Gasteiger charge is -2.26. The number of nitrogens with zero attached hydrogens (tertiary/aromatic N) is 3. The number of rotatable bonds is 6. The van der Waals surface area contributed by atoms with Crippen LogP contribution in [0, 0.1) is 6.92 Å². The molecular weight excluding hydrogens is 386 g/mol. The van der Waals surface area contributed by atoms with Gasteiger partial charge in [0, 0.05) is 30.6 Å². The molecule has 0 saturated carbocycles. The van der Waals surface area contributed by atoms with E-state index in [-0.39, 0.29) is 34.8 Å². The SMILES string of the molecule is CCN(C(=O)CSCc1cc(=O)n2cc(C)ccc2n1)[C@@H]1CCS(=O)(=O)C1. The first-order chi connectivity index (χ1) is 12.8. The number of aryl methyl sites for hydroxylation is 1. The van der Waals surface area contributed by atoms with E-state index in [0.717, 1.165) is 5.56 Å². The van der Waals surface area contributed by atoms with Crippen molar-refractivity contribution < 1.29 is 13.2 Å².